The quantitative estimate of drug-likeness (QED) is 0.850. The Morgan fingerprint density at radius 3 is 2.53 bits per heavy atom. The van der Waals surface area contributed by atoms with Crippen molar-refractivity contribution >= 4 is 0 Å². The Kier molecular flexibility index (Phi) is 5.43. The van der Waals surface area contributed by atoms with Gasteiger partial charge >= 0.3 is 0 Å². The van der Waals surface area contributed by atoms with Crippen LogP contribution in [-0.4, -0.2) is 49.6 Å². The molecule has 0 aromatic carbocycles. The first kappa shape index (κ1) is 14.6. The van der Waals surface area contributed by atoms with E-state index in [1.54, 1.807) is 0 Å². The first-order valence-corrected chi connectivity index (χ1v) is 7.40. The monoisotopic (exact) mass is 265 g/mol. The first-order chi connectivity index (χ1) is 9.22. The molecule has 108 valence electrons. The van der Waals surface area contributed by atoms with Gasteiger partial charge < -0.3 is 14.6 Å². The molecule has 0 spiro atoms. The van der Waals surface area contributed by atoms with Crippen LogP contribution < -0.4 is 5.32 Å². The summed E-state index contributed by atoms with van der Waals surface area (Å²) in [6.07, 6.45) is 1.25. The summed E-state index contributed by atoms with van der Waals surface area (Å²) in [5.41, 5.74) is 1.28. The zero-order valence-corrected chi connectivity index (χ0v) is 12.5. The molecule has 4 nitrogen and oxygen atoms in total. The van der Waals surface area contributed by atoms with E-state index in [9.17, 15) is 0 Å². The molecule has 0 radical (unpaired) electrons. The van der Waals surface area contributed by atoms with Gasteiger partial charge in [0.2, 0.25) is 0 Å². The lowest BCUT2D eigenvalue weighted by atomic mass is 10.2. The van der Waals surface area contributed by atoms with Crippen LogP contribution in [0.3, 0.4) is 0 Å². The Bertz CT molecular complexity index is 381. The fourth-order valence-electron chi connectivity index (χ4n) is 2.74. The van der Waals surface area contributed by atoms with Gasteiger partial charge in [0, 0.05) is 38.3 Å². The number of nitrogens with one attached hydrogen (secondary N) is 1. The standard InChI is InChI=1S/C15H27N3O/c1-4-5-17-6-8-18(9-7-17)12-15-10-14(11-16-3)13(2)19-15/h10,16H,4-9,11-12H2,1-3H3. The van der Waals surface area contributed by atoms with Crippen molar-refractivity contribution in [3.05, 3.63) is 23.2 Å². The molecule has 0 aliphatic carbocycles. The molecule has 0 saturated carbocycles. The van der Waals surface area contributed by atoms with E-state index >= 15 is 0 Å². The Balaban J connectivity index is 1.83. The summed E-state index contributed by atoms with van der Waals surface area (Å²) in [7, 11) is 1.97. The van der Waals surface area contributed by atoms with Gasteiger partial charge in [0.05, 0.1) is 6.54 Å². The van der Waals surface area contributed by atoms with Crippen LogP contribution in [0.25, 0.3) is 0 Å². The lowest BCUT2D eigenvalue weighted by Gasteiger charge is -2.33. The minimum Gasteiger partial charge on any atom is -0.465 e. The van der Waals surface area contributed by atoms with Gasteiger partial charge in [0.1, 0.15) is 11.5 Å². The third kappa shape index (κ3) is 4.06. The molecule has 4 heteroatoms. The minimum absolute atomic E-state index is 0.889. The molecule has 0 atom stereocenters. The predicted molar refractivity (Wildman–Crippen MR) is 78.2 cm³/mol. The van der Waals surface area contributed by atoms with Crippen molar-refractivity contribution in [3.63, 3.8) is 0 Å². The smallest absolute Gasteiger partial charge is 0.118 e. The number of hydrogen-bond donors (Lipinski definition) is 1. The predicted octanol–water partition coefficient (Wildman–Crippen LogP) is 1.84. The summed E-state index contributed by atoms with van der Waals surface area (Å²) in [5, 5.41) is 3.18. The number of nitrogens with zero attached hydrogens (tertiary/aromatic N) is 2. The van der Waals surface area contributed by atoms with Gasteiger partial charge in [-0.3, -0.25) is 4.90 Å². The van der Waals surface area contributed by atoms with Gasteiger partial charge in [-0.15, -0.1) is 0 Å². The average Bonchev–Trinajstić information content (AvgIpc) is 2.73. The second-order valence-electron chi connectivity index (χ2n) is 5.44. The van der Waals surface area contributed by atoms with Crippen LogP contribution in [-0.2, 0) is 13.1 Å². The lowest BCUT2D eigenvalue weighted by molar-refractivity contribution is 0.121. The van der Waals surface area contributed by atoms with Crippen LogP contribution >= 0.6 is 0 Å². The maximum Gasteiger partial charge on any atom is 0.118 e. The highest BCUT2D eigenvalue weighted by atomic mass is 16.3. The summed E-state index contributed by atoms with van der Waals surface area (Å²) in [6.45, 7) is 12.1. The summed E-state index contributed by atoms with van der Waals surface area (Å²) in [5.74, 6) is 2.15. The maximum absolute atomic E-state index is 5.85. The second-order valence-corrected chi connectivity index (χ2v) is 5.44. The highest BCUT2D eigenvalue weighted by molar-refractivity contribution is 5.20. The zero-order valence-electron chi connectivity index (χ0n) is 12.5. The van der Waals surface area contributed by atoms with E-state index in [1.165, 1.54) is 31.6 Å². The first-order valence-electron chi connectivity index (χ1n) is 7.40. The molecule has 1 aromatic rings. The van der Waals surface area contributed by atoms with Crippen molar-refractivity contribution in [1.29, 1.82) is 0 Å². The van der Waals surface area contributed by atoms with Crippen LogP contribution in [0, 0.1) is 6.92 Å². The fourth-order valence-corrected chi connectivity index (χ4v) is 2.74. The molecule has 2 rings (SSSR count). The summed E-state index contributed by atoms with van der Waals surface area (Å²) < 4.78 is 5.85. The zero-order chi connectivity index (χ0) is 13.7. The number of hydrogen-bond acceptors (Lipinski definition) is 4. The van der Waals surface area contributed by atoms with E-state index in [4.69, 9.17) is 4.42 Å². The highest BCUT2D eigenvalue weighted by Gasteiger charge is 2.17. The van der Waals surface area contributed by atoms with Gasteiger partial charge in [0.25, 0.3) is 0 Å². The average molecular weight is 265 g/mol. The van der Waals surface area contributed by atoms with E-state index in [0.717, 1.165) is 37.7 Å². The Labute approximate surface area is 116 Å². The van der Waals surface area contributed by atoms with Crippen molar-refractivity contribution < 1.29 is 4.42 Å². The van der Waals surface area contributed by atoms with E-state index in [2.05, 4.69) is 35.0 Å². The molecule has 1 fully saturated rings. The van der Waals surface area contributed by atoms with Crippen molar-refractivity contribution in [1.82, 2.24) is 15.1 Å². The normalized spacial score (nSPS) is 18.1. The van der Waals surface area contributed by atoms with Crippen LogP contribution in [0.4, 0.5) is 0 Å². The SMILES string of the molecule is CCCN1CCN(Cc2cc(CNC)c(C)o2)CC1. The molecule has 19 heavy (non-hydrogen) atoms. The second kappa shape index (κ2) is 7.08. The van der Waals surface area contributed by atoms with Crippen molar-refractivity contribution in [2.45, 2.75) is 33.4 Å². The number of furan rings is 1. The van der Waals surface area contributed by atoms with Gasteiger partial charge in [0.15, 0.2) is 0 Å². The van der Waals surface area contributed by atoms with E-state index in [1.807, 2.05) is 7.05 Å². The summed E-state index contributed by atoms with van der Waals surface area (Å²) in [6, 6.07) is 2.20. The lowest BCUT2D eigenvalue weighted by Crippen LogP contribution is -2.45. The number of aryl methyl sites for hydroxylation is 1. The van der Waals surface area contributed by atoms with Crippen LogP contribution in [0.15, 0.2) is 10.5 Å². The van der Waals surface area contributed by atoms with Gasteiger partial charge in [-0.2, -0.15) is 0 Å². The molecular formula is C15H27N3O. The molecule has 1 aliphatic heterocycles. The molecule has 1 N–H and O–H groups in total. The van der Waals surface area contributed by atoms with Crippen LogP contribution in [0.5, 0.6) is 0 Å². The molecule has 0 bridgehead atoms. The van der Waals surface area contributed by atoms with Crippen molar-refractivity contribution in [2.75, 3.05) is 39.8 Å². The van der Waals surface area contributed by atoms with Crippen LogP contribution in [0.1, 0.15) is 30.4 Å². The third-order valence-corrected chi connectivity index (χ3v) is 3.82. The molecule has 2 heterocycles. The maximum atomic E-state index is 5.85. The topological polar surface area (TPSA) is 31.6 Å². The Morgan fingerprint density at radius 1 is 1.21 bits per heavy atom. The fraction of sp³-hybridized carbons (Fsp3) is 0.733. The van der Waals surface area contributed by atoms with Gasteiger partial charge in [-0.1, -0.05) is 6.92 Å². The van der Waals surface area contributed by atoms with E-state index < -0.39 is 0 Å². The number of rotatable bonds is 6. The van der Waals surface area contributed by atoms with E-state index in [-0.39, 0.29) is 0 Å². The summed E-state index contributed by atoms with van der Waals surface area (Å²) >= 11 is 0. The Hall–Kier alpha value is -0.840. The number of piperazine rings is 1. The highest BCUT2D eigenvalue weighted by Crippen LogP contribution is 2.17. The molecule has 1 aromatic heterocycles. The molecule has 1 saturated heterocycles. The van der Waals surface area contributed by atoms with E-state index in [0.29, 0.717) is 0 Å². The van der Waals surface area contributed by atoms with Crippen LogP contribution in [0.2, 0.25) is 0 Å². The molecule has 1 aliphatic rings. The van der Waals surface area contributed by atoms with Gasteiger partial charge in [-0.05, 0) is 33.0 Å². The third-order valence-electron chi connectivity index (χ3n) is 3.82. The van der Waals surface area contributed by atoms with Crippen molar-refractivity contribution in [2.24, 2.45) is 0 Å². The molecule has 0 unspecified atom stereocenters. The van der Waals surface area contributed by atoms with Gasteiger partial charge in [-0.25, -0.2) is 0 Å². The Morgan fingerprint density at radius 2 is 1.89 bits per heavy atom. The molecular weight excluding hydrogens is 238 g/mol. The molecule has 0 amide bonds. The van der Waals surface area contributed by atoms with Crippen molar-refractivity contribution in [3.8, 4) is 0 Å². The summed E-state index contributed by atoms with van der Waals surface area (Å²) in [4.78, 5) is 5.05. The minimum atomic E-state index is 0.889. The largest absolute Gasteiger partial charge is 0.465 e.